The van der Waals surface area contributed by atoms with Crippen molar-refractivity contribution in [1.29, 1.82) is 0 Å². The van der Waals surface area contributed by atoms with Crippen molar-refractivity contribution < 1.29 is 23.1 Å². The molecule has 0 radical (unpaired) electrons. The van der Waals surface area contributed by atoms with E-state index in [4.69, 9.17) is 5.11 Å². The third-order valence-corrected chi connectivity index (χ3v) is 5.01. The van der Waals surface area contributed by atoms with Crippen LogP contribution in [0.15, 0.2) is 60.8 Å². The summed E-state index contributed by atoms with van der Waals surface area (Å²) < 4.78 is 38.6. The average molecular weight is 416 g/mol. The Morgan fingerprint density at radius 3 is 2.13 bits per heavy atom. The van der Waals surface area contributed by atoms with Gasteiger partial charge in [0.2, 0.25) is 0 Å². The number of carboxylic acids is 1. The third-order valence-electron chi connectivity index (χ3n) is 5.01. The minimum absolute atomic E-state index is 0.544. The van der Waals surface area contributed by atoms with E-state index in [0.29, 0.717) is 16.7 Å². The van der Waals surface area contributed by atoms with Crippen LogP contribution < -0.4 is 4.90 Å². The van der Waals surface area contributed by atoms with Crippen molar-refractivity contribution in [2.75, 3.05) is 18.0 Å². The molecule has 0 bridgehead atoms. The molecule has 1 aromatic carbocycles. The summed E-state index contributed by atoms with van der Waals surface area (Å²) >= 11 is 0. The van der Waals surface area contributed by atoms with Crippen molar-refractivity contribution in [2.45, 2.75) is 31.9 Å². The number of aromatic nitrogens is 1. The number of benzene rings is 1. The lowest BCUT2D eigenvalue weighted by molar-refractivity contribution is -0.137. The molecule has 3 rings (SSSR count). The number of halogens is 3. The quantitative estimate of drug-likeness (QED) is 0.513. The summed E-state index contributed by atoms with van der Waals surface area (Å²) in [6, 6.07) is 8.56. The predicted octanol–water partition coefficient (Wildman–Crippen LogP) is 5.55. The highest BCUT2D eigenvalue weighted by Gasteiger charge is 2.30. The summed E-state index contributed by atoms with van der Waals surface area (Å²) in [6.45, 7) is 1.91. The Morgan fingerprint density at radius 1 is 0.967 bits per heavy atom. The predicted molar refractivity (Wildman–Crippen MR) is 110 cm³/mol. The fraction of sp³-hybridized carbons (Fsp3) is 0.304. The molecule has 7 heteroatoms. The zero-order valence-corrected chi connectivity index (χ0v) is 16.4. The van der Waals surface area contributed by atoms with Gasteiger partial charge in [0.1, 0.15) is 5.82 Å². The summed E-state index contributed by atoms with van der Waals surface area (Å²) in [6.07, 6.45) is 5.84. The van der Waals surface area contributed by atoms with E-state index < -0.39 is 17.7 Å². The van der Waals surface area contributed by atoms with E-state index in [-0.39, 0.29) is 0 Å². The van der Waals surface area contributed by atoms with Gasteiger partial charge in [-0.05, 0) is 48.2 Å². The molecular weight excluding hydrogens is 393 g/mol. The average Bonchev–Trinajstić information content (AvgIpc) is 3.00. The van der Waals surface area contributed by atoms with Crippen LogP contribution in [0.3, 0.4) is 0 Å². The number of alkyl halides is 3. The Hall–Kier alpha value is -3.09. The molecule has 1 aliphatic rings. The molecule has 2 aromatic rings. The number of carbonyl (C=O) groups is 1. The number of nitrogens with zero attached hydrogens (tertiary/aromatic N) is 2. The smallest absolute Gasteiger partial charge is 0.416 e. The molecule has 0 aliphatic carbocycles. The van der Waals surface area contributed by atoms with Crippen LogP contribution in [0.1, 0.15) is 42.4 Å². The van der Waals surface area contributed by atoms with E-state index in [1.807, 2.05) is 12.1 Å². The molecule has 158 valence electrons. The molecule has 2 heterocycles. The topological polar surface area (TPSA) is 53.4 Å². The van der Waals surface area contributed by atoms with E-state index in [1.165, 1.54) is 31.1 Å². The van der Waals surface area contributed by atoms with Gasteiger partial charge in [-0.25, -0.2) is 9.78 Å². The van der Waals surface area contributed by atoms with Crippen molar-refractivity contribution in [3.05, 3.63) is 77.5 Å². The van der Waals surface area contributed by atoms with Gasteiger partial charge in [-0.15, -0.1) is 0 Å². The Kier molecular flexibility index (Phi) is 6.92. The molecule has 1 fully saturated rings. The first-order chi connectivity index (χ1) is 14.3. The maximum absolute atomic E-state index is 12.9. The second-order valence-electron chi connectivity index (χ2n) is 7.16. The number of carboxylic acid groups (broad SMARTS) is 1. The number of aliphatic carboxylic acids is 1. The first kappa shape index (κ1) is 21.6. The van der Waals surface area contributed by atoms with Crippen molar-refractivity contribution >= 4 is 17.4 Å². The van der Waals surface area contributed by atoms with Gasteiger partial charge < -0.3 is 10.0 Å². The maximum atomic E-state index is 12.9. The van der Waals surface area contributed by atoms with Crippen LogP contribution in [0.4, 0.5) is 19.0 Å². The van der Waals surface area contributed by atoms with E-state index in [0.717, 1.165) is 50.0 Å². The summed E-state index contributed by atoms with van der Waals surface area (Å²) in [7, 11) is 0. The molecule has 0 unspecified atom stereocenters. The molecule has 1 aromatic heterocycles. The zero-order chi connectivity index (χ0) is 21.6. The number of hydrogen-bond donors (Lipinski definition) is 1. The van der Waals surface area contributed by atoms with E-state index >= 15 is 0 Å². The minimum atomic E-state index is -4.41. The van der Waals surface area contributed by atoms with Crippen molar-refractivity contribution in [3.8, 4) is 0 Å². The van der Waals surface area contributed by atoms with Gasteiger partial charge in [0.05, 0.1) is 5.56 Å². The first-order valence-corrected chi connectivity index (χ1v) is 9.85. The van der Waals surface area contributed by atoms with Crippen LogP contribution in [-0.2, 0) is 11.0 Å². The molecule has 1 aliphatic heterocycles. The number of rotatable bonds is 5. The third kappa shape index (κ3) is 5.72. The summed E-state index contributed by atoms with van der Waals surface area (Å²) in [5, 5.41) is 8.84. The Morgan fingerprint density at radius 2 is 1.60 bits per heavy atom. The van der Waals surface area contributed by atoms with Crippen LogP contribution in [0.25, 0.3) is 5.57 Å². The van der Waals surface area contributed by atoms with Gasteiger partial charge in [-0.1, -0.05) is 37.1 Å². The number of allylic oxidation sites excluding steroid dienone is 2. The number of anilines is 1. The fourth-order valence-electron chi connectivity index (χ4n) is 3.46. The van der Waals surface area contributed by atoms with Gasteiger partial charge in [0, 0.05) is 30.9 Å². The molecule has 0 saturated carbocycles. The standard InChI is InChI=1S/C23H23F3N2O2/c24-23(25,26)19-11-8-17(9-12-19)20(6-5-7-22(29)30)18-10-13-21(27-16-18)28-14-3-1-2-4-15-28/h5-13,16H,1-4,14-15H2,(H,29,30)/b7-5+,20-6-. The lowest BCUT2D eigenvalue weighted by Crippen LogP contribution is -2.24. The summed E-state index contributed by atoms with van der Waals surface area (Å²) in [5.41, 5.74) is 1.10. The van der Waals surface area contributed by atoms with Crippen LogP contribution in [0.2, 0.25) is 0 Å². The van der Waals surface area contributed by atoms with Gasteiger partial charge in [0.25, 0.3) is 0 Å². The van der Waals surface area contributed by atoms with Crippen LogP contribution >= 0.6 is 0 Å². The molecule has 4 nitrogen and oxygen atoms in total. The molecule has 1 saturated heterocycles. The van der Waals surface area contributed by atoms with Crippen molar-refractivity contribution in [1.82, 2.24) is 4.98 Å². The molecular formula is C23H23F3N2O2. The number of pyridine rings is 1. The highest BCUT2D eigenvalue weighted by atomic mass is 19.4. The largest absolute Gasteiger partial charge is 0.478 e. The van der Waals surface area contributed by atoms with Crippen LogP contribution in [0.5, 0.6) is 0 Å². The van der Waals surface area contributed by atoms with E-state index in [1.54, 1.807) is 12.3 Å². The van der Waals surface area contributed by atoms with Gasteiger partial charge >= 0.3 is 12.1 Å². The first-order valence-electron chi connectivity index (χ1n) is 9.85. The van der Waals surface area contributed by atoms with Gasteiger partial charge in [-0.3, -0.25) is 0 Å². The monoisotopic (exact) mass is 416 g/mol. The van der Waals surface area contributed by atoms with Gasteiger partial charge in [-0.2, -0.15) is 13.2 Å². The fourth-order valence-corrected chi connectivity index (χ4v) is 3.46. The van der Waals surface area contributed by atoms with Crippen LogP contribution in [0, 0.1) is 0 Å². The van der Waals surface area contributed by atoms with Crippen molar-refractivity contribution in [2.24, 2.45) is 0 Å². The second kappa shape index (κ2) is 9.61. The number of hydrogen-bond acceptors (Lipinski definition) is 3. The normalized spacial score (nSPS) is 16.0. The Bertz CT molecular complexity index is 909. The maximum Gasteiger partial charge on any atom is 0.416 e. The van der Waals surface area contributed by atoms with Crippen molar-refractivity contribution in [3.63, 3.8) is 0 Å². The SMILES string of the molecule is O=C(O)/C=C/C=C(/c1ccc(C(F)(F)F)cc1)c1ccc(N2CCCCCC2)nc1. The highest BCUT2D eigenvalue weighted by molar-refractivity contribution is 5.84. The molecule has 0 spiro atoms. The minimum Gasteiger partial charge on any atom is -0.478 e. The van der Waals surface area contributed by atoms with E-state index in [9.17, 15) is 18.0 Å². The Labute approximate surface area is 173 Å². The molecule has 1 N–H and O–H groups in total. The molecule has 30 heavy (non-hydrogen) atoms. The summed E-state index contributed by atoms with van der Waals surface area (Å²) in [5.74, 6) is -0.235. The van der Waals surface area contributed by atoms with Crippen LogP contribution in [-0.4, -0.2) is 29.1 Å². The highest BCUT2D eigenvalue weighted by Crippen LogP contribution is 2.31. The Balaban J connectivity index is 1.91. The zero-order valence-electron chi connectivity index (χ0n) is 16.4. The molecule has 0 amide bonds. The lowest BCUT2D eigenvalue weighted by Gasteiger charge is -2.21. The van der Waals surface area contributed by atoms with E-state index in [2.05, 4.69) is 9.88 Å². The summed E-state index contributed by atoms with van der Waals surface area (Å²) in [4.78, 5) is 17.6. The molecule has 0 atom stereocenters. The lowest BCUT2D eigenvalue weighted by atomic mass is 9.97. The second-order valence-corrected chi connectivity index (χ2v) is 7.16. The van der Waals surface area contributed by atoms with Gasteiger partial charge in [0.15, 0.2) is 0 Å².